The van der Waals surface area contributed by atoms with E-state index in [-0.39, 0.29) is 55.1 Å². The fourth-order valence-corrected chi connectivity index (χ4v) is 3.22. The molecule has 1 aromatic carbocycles. The van der Waals surface area contributed by atoms with E-state index < -0.39 is 10.0 Å². The number of carbonyl (C=O) groups is 1. The summed E-state index contributed by atoms with van der Waals surface area (Å²) in [5.41, 5.74) is 0.833. The van der Waals surface area contributed by atoms with Crippen LogP contribution < -0.4 is 14.8 Å². The van der Waals surface area contributed by atoms with Gasteiger partial charge in [0.05, 0.1) is 10.6 Å². The molecule has 0 atom stereocenters. The first kappa shape index (κ1) is 22.8. The Balaban J connectivity index is 0.00000338. The number of fused-ring (bicyclic) bond motifs is 1. The number of amides is 1. The van der Waals surface area contributed by atoms with Crippen molar-refractivity contribution in [1.82, 2.24) is 4.72 Å². The Morgan fingerprint density at radius 1 is 1.50 bits per heavy atom. The fourth-order valence-electron chi connectivity index (χ4n) is 2.02. The van der Waals surface area contributed by atoms with Crippen LogP contribution in [0.25, 0.3) is 0 Å². The molecule has 0 aromatic heterocycles. The summed E-state index contributed by atoms with van der Waals surface area (Å²) in [7, 11) is -3.78. The van der Waals surface area contributed by atoms with E-state index in [1.807, 2.05) is 6.92 Å². The fraction of sp³-hybridized carbons (Fsp3) is 0.294. The molecule has 138 valence electrons. The van der Waals surface area contributed by atoms with Crippen LogP contribution in [0.1, 0.15) is 13.3 Å². The summed E-state index contributed by atoms with van der Waals surface area (Å²) in [6, 6.07) is 4.31. The van der Waals surface area contributed by atoms with Gasteiger partial charge in [0.15, 0.2) is 6.61 Å². The van der Waals surface area contributed by atoms with Crippen LogP contribution in [0.2, 0.25) is 0 Å². The van der Waals surface area contributed by atoms with Crippen LogP contribution >= 0.6 is 0 Å². The second-order valence-corrected chi connectivity index (χ2v) is 6.75. The number of nitrogens with one attached hydrogen (secondary N) is 2. The predicted molar refractivity (Wildman–Crippen MR) is 93.3 cm³/mol. The molecule has 2 N–H and O–H groups in total. The van der Waals surface area contributed by atoms with E-state index in [0.29, 0.717) is 30.2 Å². The van der Waals surface area contributed by atoms with Crippen LogP contribution in [0.5, 0.6) is 5.75 Å². The molecule has 0 spiro atoms. The van der Waals surface area contributed by atoms with Crippen molar-refractivity contribution in [3.63, 3.8) is 0 Å². The van der Waals surface area contributed by atoms with Gasteiger partial charge in [-0.15, -0.1) is 0 Å². The molecule has 2 rings (SSSR count). The number of ether oxygens (including phenoxy) is 2. The van der Waals surface area contributed by atoms with Gasteiger partial charge >= 0.3 is 31.1 Å². The minimum absolute atomic E-state index is 0. The summed E-state index contributed by atoms with van der Waals surface area (Å²) in [6.07, 6.45) is 6.56. The van der Waals surface area contributed by atoms with Gasteiger partial charge in [-0.05, 0) is 31.2 Å². The molecule has 7 nitrogen and oxygen atoms in total. The van der Waals surface area contributed by atoms with E-state index in [4.69, 9.17) is 9.47 Å². The number of anilines is 1. The zero-order chi connectivity index (χ0) is 18.3. The number of rotatable bonds is 8. The maximum Gasteiger partial charge on any atom is 2.00 e. The minimum Gasteiger partial charge on any atom is -0.482 e. The maximum absolute atomic E-state index is 12.5. The number of hydrogen-bond donors (Lipinski definition) is 2. The zero-order valence-electron chi connectivity index (χ0n) is 14.4. The van der Waals surface area contributed by atoms with E-state index in [1.54, 1.807) is 12.2 Å². The van der Waals surface area contributed by atoms with Crippen molar-refractivity contribution in [1.29, 1.82) is 0 Å². The van der Waals surface area contributed by atoms with Crippen LogP contribution in [0.15, 0.2) is 40.9 Å². The van der Waals surface area contributed by atoms with Crippen molar-refractivity contribution in [2.75, 3.05) is 25.1 Å². The monoisotopic (exact) mass is 602 g/mol. The molecule has 0 aliphatic carbocycles. The van der Waals surface area contributed by atoms with Crippen LogP contribution in [0.4, 0.5) is 5.69 Å². The van der Waals surface area contributed by atoms with Gasteiger partial charge in [-0.1, -0.05) is 19.2 Å². The Morgan fingerprint density at radius 2 is 2.27 bits per heavy atom. The standard InChI is InChI=1S/C17H20N2O5S.U/c1-3-13(7-5-6-10-23-4-2)19-25(21,22)14-8-9-16-15(11-14)18-17(20)12-24-16;/h5,7-9,11,19H,2-4,10,12H2,1H3,(H,18,20);/q-2;+2/b13-7+;. The van der Waals surface area contributed by atoms with E-state index in [2.05, 4.69) is 23.0 Å². The van der Waals surface area contributed by atoms with Gasteiger partial charge in [-0.2, -0.15) is 6.08 Å². The van der Waals surface area contributed by atoms with Gasteiger partial charge < -0.3 is 26.4 Å². The second kappa shape index (κ2) is 10.8. The SMILES string of the molecule is [CH2-]COC[C-]=C/C=C(\CC)NS(=O)(=O)c1ccc2c(c1)NC(=O)CO2.[U+2]. The second-order valence-electron chi connectivity index (χ2n) is 5.07. The number of sulfonamides is 1. The van der Waals surface area contributed by atoms with Crippen LogP contribution in [-0.4, -0.2) is 34.1 Å². The normalized spacial score (nSPS) is 14.2. The summed E-state index contributed by atoms with van der Waals surface area (Å²) in [6.45, 7) is 5.91. The third kappa shape index (κ3) is 6.47. The van der Waals surface area contributed by atoms with Gasteiger partial charge in [0, 0.05) is 0 Å². The zero-order valence-corrected chi connectivity index (χ0v) is 19.4. The van der Waals surface area contributed by atoms with E-state index in [1.165, 1.54) is 18.2 Å². The van der Waals surface area contributed by atoms with Gasteiger partial charge in [0.1, 0.15) is 5.75 Å². The first-order chi connectivity index (χ1) is 12.0. The van der Waals surface area contributed by atoms with Crippen molar-refractivity contribution in [3.8, 4) is 5.75 Å². The first-order valence-corrected chi connectivity index (χ1v) is 9.17. The average Bonchev–Trinajstić information content (AvgIpc) is 2.59. The number of hydrogen-bond acceptors (Lipinski definition) is 5. The number of benzene rings is 1. The van der Waals surface area contributed by atoms with Crippen molar-refractivity contribution in [2.45, 2.75) is 18.2 Å². The van der Waals surface area contributed by atoms with Gasteiger partial charge in [-0.25, -0.2) is 20.6 Å². The molecule has 0 bridgehead atoms. The third-order valence-corrected chi connectivity index (χ3v) is 4.68. The smallest absolute Gasteiger partial charge is 0.482 e. The van der Waals surface area contributed by atoms with E-state index >= 15 is 0 Å². The molecule has 9 heteroatoms. The predicted octanol–water partition coefficient (Wildman–Crippen LogP) is 1.80. The third-order valence-electron chi connectivity index (χ3n) is 3.27. The molecule has 1 aliphatic rings. The molecule has 1 amide bonds. The van der Waals surface area contributed by atoms with E-state index in [0.717, 1.165) is 0 Å². The summed E-state index contributed by atoms with van der Waals surface area (Å²) >= 11 is 0. The molecule has 0 saturated carbocycles. The van der Waals surface area contributed by atoms with E-state index in [9.17, 15) is 13.2 Å². The van der Waals surface area contributed by atoms with Gasteiger partial charge in [-0.3, -0.25) is 4.79 Å². The molecular weight excluding hydrogens is 582 g/mol. The Labute approximate surface area is 177 Å². The summed E-state index contributed by atoms with van der Waals surface area (Å²) in [4.78, 5) is 11.4. The van der Waals surface area contributed by atoms with Gasteiger partial charge in [0.25, 0.3) is 15.9 Å². The van der Waals surface area contributed by atoms with Crippen LogP contribution in [0.3, 0.4) is 0 Å². The van der Waals surface area contributed by atoms with Crippen molar-refractivity contribution in [2.24, 2.45) is 0 Å². The van der Waals surface area contributed by atoms with Gasteiger partial charge in [0.2, 0.25) is 0 Å². The molecule has 1 aliphatic heterocycles. The van der Waals surface area contributed by atoms with Crippen LogP contribution in [0, 0.1) is 44.1 Å². The Morgan fingerprint density at radius 3 is 2.96 bits per heavy atom. The Bertz CT molecular complexity index is 790. The largest absolute Gasteiger partial charge is 2.00 e. The summed E-state index contributed by atoms with van der Waals surface area (Å²) in [5, 5.41) is 2.59. The Kier molecular flexibility index (Phi) is 9.44. The molecule has 1 heterocycles. The first-order valence-electron chi connectivity index (χ1n) is 7.68. The quantitative estimate of drug-likeness (QED) is 0.269. The molecule has 26 heavy (non-hydrogen) atoms. The molecule has 1 aromatic rings. The molecule has 0 radical (unpaired) electrons. The van der Waals surface area contributed by atoms with Crippen molar-refractivity contribution in [3.05, 3.63) is 49.0 Å². The minimum atomic E-state index is -3.78. The van der Waals surface area contributed by atoms with Crippen molar-refractivity contribution < 1.29 is 53.8 Å². The summed E-state index contributed by atoms with van der Waals surface area (Å²) < 4.78 is 37.8. The summed E-state index contributed by atoms with van der Waals surface area (Å²) in [5.74, 6) is 0.113. The van der Waals surface area contributed by atoms with Crippen LogP contribution in [-0.2, 0) is 19.6 Å². The Hall–Kier alpha value is -1.27. The van der Waals surface area contributed by atoms with Crippen molar-refractivity contribution >= 4 is 21.6 Å². The molecule has 0 saturated heterocycles. The maximum atomic E-state index is 12.5. The number of carbonyl (C=O) groups excluding carboxylic acids is 1. The molecular formula is C17H20N2O5SU. The molecule has 0 unspecified atom stereocenters. The topological polar surface area (TPSA) is 93.7 Å². The molecule has 0 fully saturated rings. The average molecular weight is 602 g/mol. The number of allylic oxidation sites excluding steroid dienone is 3.